The Morgan fingerprint density at radius 1 is 0.966 bits per heavy atom. The second-order valence-corrected chi connectivity index (χ2v) is 6.47. The fourth-order valence-electron chi connectivity index (χ4n) is 2.60. The van der Waals surface area contributed by atoms with E-state index in [9.17, 15) is 4.79 Å². The highest BCUT2D eigenvalue weighted by molar-refractivity contribution is 6.04. The van der Waals surface area contributed by atoms with Crippen LogP contribution in [0.5, 0.6) is 11.5 Å². The zero-order valence-corrected chi connectivity index (χ0v) is 16.7. The average molecular weight is 392 g/mol. The van der Waals surface area contributed by atoms with E-state index in [2.05, 4.69) is 20.6 Å². The Morgan fingerprint density at radius 3 is 2.24 bits per heavy atom. The first-order chi connectivity index (χ1) is 14.1. The lowest BCUT2D eigenvalue weighted by Crippen LogP contribution is -2.15. The second-order valence-electron chi connectivity index (χ2n) is 6.47. The summed E-state index contributed by atoms with van der Waals surface area (Å²) in [6, 6.07) is 14.8. The van der Waals surface area contributed by atoms with Gasteiger partial charge in [-0.25, -0.2) is 9.97 Å². The molecule has 0 aliphatic carbocycles. The number of nitrogens with one attached hydrogen (secondary N) is 2. The molecule has 7 nitrogen and oxygen atoms in total. The molecule has 0 bridgehead atoms. The zero-order chi connectivity index (χ0) is 20.6. The van der Waals surface area contributed by atoms with Crippen LogP contribution in [-0.4, -0.2) is 28.6 Å². The number of carbonyl (C=O) groups excluding carboxylic acids is 1. The number of benzene rings is 2. The molecule has 0 saturated carbocycles. The summed E-state index contributed by atoms with van der Waals surface area (Å²) in [5.41, 5.74) is 1.69. The zero-order valence-electron chi connectivity index (χ0n) is 16.7. The van der Waals surface area contributed by atoms with E-state index >= 15 is 0 Å². The lowest BCUT2D eigenvalue weighted by Gasteiger charge is -2.14. The van der Waals surface area contributed by atoms with E-state index in [1.54, 1.807) is 6.07 Å². The van der Waals surface area contributed by atoms with E-state index in [-0.39, 0.29) is 12.0 Å². The number of carbonyl (C=O) groups is 1. The van der Waals surface area contributed by atoms with Gasteiger partial charge in [-0.05, 0) is 45.0 Å². The number of ether oxygens (including phenoxy) is 2. The van der Waals surface area contributed by atoms with E-state index in [1.807, 2.05) is 63.2 Å². The highest BCUT2D eigenvalue weighted by Crippen LogP contribution is 2.27. The molecular formula is C22H24N4O3. The van der Waals surface area contributed by atoms with Crippen molar-refractivity contribution in [3.8, 4) is 11.5 Å². The van der Waals surface area contributed by atoms with Crippen molar-refractivity contribution < 1.29 is 14.3 Å². The maximum absolute atomic E-state index is 12.6. The first-order valence-electron chi connectivity index (χ1n) is 9.44. The van der Waals surface area contributed by atoms with E-state index in [0.717, 1.165) is 5.69 Å². The van der Waals surface area contributed by atoms with Crippen molar-refractivity contribution in [3.05, 3.63) is 66.5 Å². The van der Waals surface area contributed by atoms with E-state index in [0.29, 0.717) is 35.3 Å². The monoisotopic (exact) mass is 392 g/mol. The SMILES string of the molecule is CCOc1ccccc1Nc1ncc(C(=O)Nc2ccccc2OC(C)C)cn1. The van der Waals surface area contributed by atoms with Gasteiger partial charge in [0, 0.05) is 12.4 Å². The minimum Gasteiger partial charge on any atom is -0.492 e. The Labute approximate surface area is 170 Å². The standard InChI is InChI=1S/C22H24N4O3/c1-4-28-19-11-7-5-9-17(19)26-22-23-13-16(14-24-22)21(27)25-18-10-6-8-12-20(18)29-15(2)3/h5-15H,4H2,1-3H3,(H,25,27)(H,23,24,26). The van der Waals surface area contributed by atoms with Gasteiger partial charge >= 0.3 is 0 Å². The molecule has 1 heterocycles. The third-order valence-electron chi connectivity index (χ3n) is 3.85. The van der Waals surface area contributed by atoms with Crippen LogP contribution in [0, 0.1) is 0 Å². The Balaban J connectivity index is 1.70. The van der Waals surface area contributed by atoms with Crippen LogP contribution in [0.25, 0.3) is 0 Å². The Hall–Kier alpha value is -3.61. The molecule has 0 unspecified atom stereocenters. The maximum Gasteiger partial charge on any atom is 0.258 e. The fourth-order valence-corrected chi connectivity index (χ4v) is 2.60. The van der Waals surface area contributed by atoms with Gasteiger partial charge in [0.2, 0.25) is 5.95 Å². The lowest BCUT2D eigenvalue weighted by molar-refractivity contribution is 0.102. The predicted octanol–water partition coefficient (Wildman–Crippen LogP) is 4.66. The molecule has 29 heavy (non-hydrogen) atoms. The van der Waals surface area contributed by atoms with Gasteiger partial charge in [0.15, 0.2) is 0 Å². The van der Waals surface area contributed by atoms with Crippen LogP contribution >= 0.6 is 0 Å². The molecule has 2 N–H and O–H groups in total. The van der Waals surface area contributed by atoms with Crippen molar-refractivity contribution in [2.24, 2.45) is 0 Å². The van der Waals surface area contributed by atoms with Gasteiger partial charge in [0.1, 0.15) is 11.5 Å². The van der Waals surface area contributed by atoms with Crippen molar-refractivity contribution in [3.63, 3.8) is 0 Å². The highest BCUT2D eigenvalue weighted by Gasteiger charge is 2.12. The number of hydrogen-bond acceptors (Lipinski definition) is 6. The van der Waals surface area contributed by atoms with E-state index < -0.39 is 0 Å². The van der Waals surface area contributed by atoms with Crippen molar-refractivity contribution >= 4 is 23.2 Å². The smallest absolute Gasteiger partial charge is 0.258 e. The molecule has 0 atom stereocenters. The number of aromatic nitrogens is 2. The minimum absolute atomic E-state index is 0.00121. The topological polar surface area (TPSA) is 85.4 Å². The number of rotatable bonds is 8. The Kier molecular flexibility index (Phi) is 6.63. The first kappa shape index (κ1) is 20.1. The Morgan fingerprint density at radius 2 is 1.59 bits per heavy atom. The third-order valence-corrected chi connectivity index (χ3v) is 3.85. The number of anilines is 3. The molecular weight excluding hydrogens is 368 g/mol. The van der Waals surface area contributed by atoms with Crippen LogP contribution in [0.4, 0.5) is 17.3 Å². The molecule has 7 heteroatoms. The maximum atomic E-state index is 12.6. The molecule has 0 spiro atoms. The van der Waals surface area contributed by atoms with Crippen molar-refractivity contribution in [2.45, 2.75) is 26.9 Å². The van der Waals surface area contributed by atoms with Gasteiger partial charge in [0.05, 0.1) is 29.6 Å². The summed E-state index contributed by atoms with van der Waals surface area (Å²) < 4.78 is 11.3. The molecule has 0 radical (unpaired) electrons. The average Bonchev–Trinajstić information content (AvgIpc) is 2.71. The molecule has 3 aromatic rings. The minimum atomic E-state index is -0.314. The van der Waals surface area contributed by atoms with Crippen molar-refractivity contribution in [2.75, 3.05) is 17.2 Å². The van der Waals surface area contributed by atoms with Crippen LogP contribution in [-0.2, 0) is 0 Å². The summed E-state index contributed by atoms with van der Waals surface area (Å²) in [7, 11) is 0. The van der Waals surface area contributed by atoms with Gasteiger partial charge in [-0.3, -0.25) is 4.79 Å². The highest BCUT2D eigenvalue weighted by atomic mass is 16.5. The summed E-state index contributed by atoms with van der Waals surface area (Å²) in [6.07, 6.45) is 2.95. The summed E-state index contributed by atoms with van der Waals surface area (Å²) in [6.45, 7) is 6.34. The molecule has 150 valence electrons. The second kappa shape index (κ2) is 9.54. The van der Waals surface area contributed by atoms with Crippen LogP contribution < -0.4 is 20.1 Å². The number of para-hydroxylation sites is 4. The largest absolute Gasteiger partial charge is 0.492 e. The summed E-state index contributed by atoms with van der Waals surface area (Å²) >= 11 is 0. The van der Waals surface area contributed by atoms with E-state index in [4.69, 9.17) is 9.47 Å². The van der Waals surface area contributed by atoms with Crippen molar-refractivity contribution in [1.82, 2.24) is 9.97 Å². The normalized spacial score (nSPS) is 10.5. The van der Waals surface area contributed by atoms with Gasteiger partial charge in [-0.15, -0.1) is 0 Å². The summed E-state index contributed by atoms with van der Waals surface area (Å²) in [4.78, 5) is 21.1. The van der Waals surface area contributed by atoms with Crippen LogP contribution in [0.2, 0.25) is 0 Å². The Bertz CT molecular complexity index is 958. The molecule has 3 rings (SSSR count). The first-order valence-corrected chi connectivity index (χ1v) is 9.44. The quantitative estimate of drug-likeness (QED) is 0.580. The third kappa shape index (κ3) is 5.44. The van der Waals surface area contributed by atoms with Crippen molar-refractivity contribution in [1.29, 1.82) is 0 Å². The molecule has 1 aromatic heterocycles. The van der Waals surface area contributed by atoms with E-state index in [1.165, 1.54) is 12.4 Å². The van der Waals surface area contributed by atoms with Crippen LogP contribution in [0.3, 0.4) is 0 Å². The molecule has 0 aliphatic heterocycles. The molecule has 2 aromatic carbocycles. The summed E-state index contributed by atoms with van der Waals surface area (Å²) in [5, 5.41) is 5.95. The van der Waals surface area contributed by atoms with Gasteiger partial charge in [-0.2, -0.15) is 0 Å². The predicted molar refractivity (Wildman–Crippen MR) is 113 cm³/mol. The fraction of sp³-hybridized carbons (Fsp3) is 0.227. The molecule has 1 amide bonds. The van der Waals surface area contributed by atoms with Gasteiger partial charge in [-0.1, -0.05) is 24.3 Å². The number of hydrogen-bond donors (Lipinski definition) is 2. The number of amides is 1. The van der Waals surface area contributed by atoms with Gasteiger partial charge in [0.25, 0.3) is 5.91 Å². The number of nitrogens with zero attached hydrogens (tertiary/aromatic N) is 2. The molecule has 0 fully saturated rings. The molecule has 0 aliphatic rings. The molecule has 0 saturated heterocycles. The lowest BCUT2D eigenvalue weighted by atomic mass is 10.2. The van der Waals surface area contributed by atoms with Crippen LogP contribution in [0.15, 0.2) is 60.9 Å². The summed E-state index contributed by atoms with van der Waals surface area (Å²) in [5.74, 6) is 1.38. The van der Waals surface area contributed by atoms with Gasteiger partial charge < -0.3 is 20.1 Å². The van der Waals surface area contributed by atoms with Crippen LogP contribution in [0.1, 0.15) is 31.1 Å².